The van der Waals surface area contributed by atoms with Gasteiger partial charge >= 0.3 is 0 Å². The van der Waals surface area contributed by atoms with Crippen LogP contribution in [0, 0.1) is 5.82 Å². The molecule has 2 aromatic rings. The van der Waals surface area contributed by atoms with E-state index in [1.807, 2.05) is 0 Å². The zero-order chi connectivity index (χ0) is 14.3. The van der Waals surface area contributed by atoms with Crippen LogP contribution in [0.3, 0.4) is 0 Å². The van der Waals surface area contributed by atoms with Gasteiger partial charge < -0.3 is 10.5 Å². The van der Waals surface area contributed by atoms with E-state index >= 15 is 0 Å². The molecule has 0 radical (unpaired) electrons. The number of nitrogens with two attached hydrogens (primary N) is 1. The Kier molecular flexibility index (Phi) is 3.59. The van der Waals surface area contributed by atoms with E-state index in [2.05, 4.69) is 0 Å². The lowest BCUT2D eigenvalue weighted by atomic mass is 10.00. The summed E-state index contributed by atoms with van der Waals surface area (Å²) >= 11 is 12.1. The molecule has 1 atom stereocenters. The second kappa shape index (κ2) is 5.24. The van der Waals surface area contributed by atoms with Crippen LogP contribution in [0.4, 0.5) is 4.39 Å². The van der Waals surface area contributed by atoms with E-state index in [4.69, 9.17) is 33.7 Å². The van der Waals surface area contributed by atoms with E-state index in [9.17, 15) is 4.39 Å². The summed E-state index contributed by atoms with van der Waals surface area (Å²) in [4.78, 5) is 0. The highest BCUT2D eigenvalue weighted by molar-refractivity contribution is 6.36. The minimum Gasteiger partial charge on any atom is -0.488 e. The minimum atomic E-state index is -0.314. The fraction of sp³-hybridized carbons (Fsp3) is 0.200. The molecule has 1 heterocycles. The monoisotopic (exact) mass is 311 g/mol. The topological polar surface area (TPSA) is 35.2 Å². The van der Waals surface area contributed by atoms with Gasteiger partial charge in [-0.2, -0.15) is 0 Å². The van der Waals surface area contributed by atoms with Crippen LogP contribution >= 0.6 is 23.2 Å². The van der Waals surface area contributed by atoms with Gasteiger partial charge in [-0.1, -0.05) is 29.3 Å². The maximum Gasteiger partial charge on any atom is 0.131 e. The van der Waals surface area contributed by atoms with Crippen molar-refractivity contribution in [3.8, 4) is 16.9 Å². The van der Waals surface area contributed by atoms with Crippen LogP contribution in [0.1, 0.15) is 5.56 Å². The van der Waals surface area contributed by atoms with Crippen molar-refractivity contribution in [3.63, 3.8) is 0 Å². The third kappa shape index (κ3) is 2.37. The molecule has 1 aliphatic rings. The number of benzene rings is 2. The number of rotatable bonds is 2. The molecule has 0 fully saturated rings. The number of hydrogen-bond acceptors (Lipinski definition) is 2. The lowest BCUT2D eigenvalue weighted by Gasteiger charge is -2.12. The number of fused-ring (bicyclic) bond motifs is 1. The Morgan fingerprint density at radius 2 is 2.00 bits per heavy atom. The zero-order valence-corrected chi connectivity index (χ0v) is 12.0. The van der Waals surface area contributed by atoms with Gasteiger partial charge in [0.15, 0.2) is 0 Å². The first-order chi connectivity index (χ1) is 9.58. The lowest BCUT2D eigenvalue weighted by Crippen LogP contribution is -2.24. The van der Waals surface area contributed by atoms with Crippen molar-refractivity contribution in [1.82, 2.24) is 0 Å². The Balaban J connectivity index is 2.15. The first kappa shape index (κ1) is 13.7. The quantitative estimate of drug-likeness (QED) is 0.907. The van der Waals surface area contributed by atoms with Crippen molar-refractivity contribution in [2.24, 2.45) is 5.73 Å². The van der Waals surface area contributed by atoms with E-state index in [-0.39, 0.29) is 11.9 Å². The molecule has 0 aliphatic carbocycles. The van der Waals surface area contributed by atoms with Crippen LogP contribution in [0.2, 0.25) is 10.0 Å². The maximum atomic E-state index is 13.8. The van der Waals surface area contributed by atoms with Crippen molar-refractivity contribution >= 4 is 23.2 Å². The van der Waals surface area contributed by atoms with Gasteiger partial charge in [-0.25, -0.2) is 4.39 Å². The summed E-state index contributed by atoms with van der Waals surface area (Å²) in [6.45, 7) is 0.393. The highest BCUT2D eigenvalue weighted by Crippen LogP contribution is 2.42. The smallest absolute Gasteiger partial charge is 0.131 e. The predicted molar refractivity (Wildman–Crippen MR) is 79.0 cm³/mol. The first-order valence-corrected chi connectivity index (χ1v) is 6.98. The number of hydrogen-bond donors (Lipinski definition) is 1. The standard InChI is InChI=1S/C15H12Cl2FNO/c16-9-1-2-12(14(17)5-9)13-6-10(18)3-8-4-11(7-19)20-15(8)13/h1-3,5-6,11H,4,7,19H2/t11-/m1/s1. The molecule has 20 heavy (non-hydrogen) atoms. The van der Waals surface area contributed by atoms with Crippen LogP contribution in [0.15, 0.2) is 30.3 Å². The fourth-order valence-electron chi connectivity index (χ4n) is 2.43. The molecule has 0 saturated heterocycles. The normalized spacial score (nSPS) is 16.9. The molecule has 0 unspecified atom stereocenters. The van der Waals surface area contributed by atoms with Gasteiger partial charge in [0.1, 0.15) is 17.7 Å². The Labute approximate surface area is 126 Å². The molecule has 1 aliphatic heterocycles. The highest BCUT2D eigenvalue weighted by Gasteiger charge is 2.26. The van der Waals surface area contributed by atoms with E-state index in [1.165, 1.54) is 12.1 Å². The van der Waals surface area contributed by atoms with Crippen LogP contribution in [-0.2, 0) is 6.42 Å². The van der Waals surface area contributed by atoms with Gasteiger partial charge in [-0.05, 0) is 24.3 Å². The Morgan fingerprint density at radius 1 is 1.20 bits per heavy atom. The van der Waals surface area contributed by atoms with Crippen molar-refractivity contribution in [2.75, 3.05) is 6.54 Å². The molecular formula is C15H12Cl2FNO. The summed E-state index contributed by atoms with van der Waals surface area (Å²) in [5.41, 5.74) is 7.78. The van der Waals surface area contributed by atoms with Crippen LogP contribution < -0.4 is 10.5 Å². The molecular weight excluding hydrogens is 300 g/mol. The zero-order valence-electron chi connectivity index (χ0n) is 10.5. The minimum absolute atomic E-state index is 0.114. The molecule has 0 spiro atoms. The van der Waals surface area contributed by atoms with Crippen LogP contribution in [-0.4, -0.2) is 12.6 Å². The summed E-state index contributed by atoms with van der Waals surface area (Å²) in [6.07, 6.45) is 0.499. The Bertz CT molecular complexity index is 675. The van der Waals surface area contributed by atoms with E-state index < -0.39 is 0 Å². The van der Waals surface area contributed by atoms with Crippen LogP contribution in [0.5, 0.6) is 5.75 Å². The summed E-state index contributed by atoms with van der Waals surface area (Å²) in [5, 5.41) is 0.998. The van der Waals surface area contributed by atoms with Gasteiger partial charge in [-0.15, -0.1) is 0 Å². The maximum absolute atomic E-state index is 13.8. The molecule has 2 N–H and O–H groups in total. The Hall–Kier alpha value is -1.29. The van der Waals surface area contributed by atoms with E-state index in [0.29, 0.717) is 39.9 Å². The van der Waals surface area contributed by atoms with Crippen molar-refractivity contribution < 1.29 is 9.13 Å². The first-order valence-electron chi connectivity index (χ1n) is 6.23. The summed E-state index contributed by atoms with van der Waals surface area (Å²) in [5.74, 6) is 0.345. The van der Waals surface area contributed by atoms with E-state index in [0.717, 1.165) is 5.56 Å². The third-order valence-corrected chi connectivity index (χ3v) is 3.89. The van der Waals surface area contributed by atoms with Crippen molar-refractivity contribution in [1.29, 1.82) is 0 Å². The van der Waals surface area contributed by atoms with Gasteiger partial charge in [0, 0.05) is 34.7 Å². The van der Waals surface area contributed by atoms with Crippen molar-refractivity contribution in [3.05, 3.63) is 51.8 Å². The molecule has 2 aromatic carbocycles. The average molecular weight is 312 g/mol. The van der Waals surface area contributed by atoms with Gasteiger partial charge in [0.2, 0.25) is 0 Å². The molecule has 0 bridgehead atoms. The van der Waals surface area contributed by atoms with Gasteiger partial charge in [-0.3, -0.25) is 0 Å². The van der Waals surface area contributed by atoms with Gasteiger partial charge in [0.05, 0.1) is 5.02 Å². The average Bonchev–Trinajstić information content (AvgIpc) is 2.81. The molecule has 2 nitrogen and oxygen atoms in total. The predicted octanol–water partition coefficient (Wildman–Crippen LogP) is 4.06. The molecule has 0 aromatic heterocycles. The molecule has 5 heteroatoms. The second-order valence-electron chi connectivity index (χ2n) is 4.75. The van der Waals surface area contributed by atoms with Gasteiger partial charge in [0.25, 0.3) is 0 Å². The Morgan fingerprint density at radius 3 is 2.70 bits per heavy atom. The summed E-state index contributed by atoms with van der Waals surface area (Å²) in [7, 11) is 0. The number of ether oxygens (including phenoxy) is 1. The van der Waals surface area contributed by atoms with Crippen LogP contribution in [0.25, 0.3) is 11.1 Å². The van der Waals surface area contributed by atoms with Crippen molar-refractivity contribution in [2.45, 2.75) is 12.5 Å². The highest BCUT2D eigenvalue weighted by atomic mass is 35.5. The lowest BCUT2D eigenvalue weighted by molar-refractivity contribution is 0.242. The number of halogens is 3. The fourth-order valence-corrected chi connectivity index (χ4v) is 2.94. The summed E-state index contributed by atoms with van der Waals surface area (Å²) < 4.78 is 19.6. The molecule has 0 saturated carbocycles. The van der Waals surface area contributed by atoms with E-state index in [1.54, 1.807) is 18.2 Å². The summed E-state index contributed by atoms with van der Waals surface area (Å²) in [6, 6.07) is 8.02. The largest absolute Gasteiger partial charge is 0.488 e. The second-order valence-corrected chi connectivity index (χ2v) is 5.59. The molecule has 104 valence electrons. The molecule has 3 rings (SSSR count). The SMILES string of the molecule is NC[C@H]1Cc2cc(F)cc(-c3ccc(Cl)cc3Cl)c2O1. The molecule has 0 amide bonds. The third-order valence-electron chi connectivity index (χ3n) is 3.35.